The van der Waals surface area contributed by atoms with Gasteiger partial charge < -0.3 is 30.2 Å². The number of furan rings is 1. The minimum atomic E-state index is -1.21. The molecule has 0 fully saturated rings. The van der Waals surface area contributed by atoms with Crippen LogP contribution in [0.15, 0.2) is 77.2 Å². The van der Waals surface area contributed by atoms with Crippen molar-refractivity contribution in [2.45, 2.75) is 32.0 Å². The van der Waals surface area contributed by atoms with Crippen LogP contribution in [-0.2, 0) is 22.7 Å². The van der Waals surface area contributed by atoms with Gasteiger partial charge in [0.1, 0.15) is 12.6 Å². The Labute approximate surface area is 213 Å². The van der Waals surface area contributed by atoms with Gasteiger partial charge in [-0.25, -0.2) is 14.4 Å². The fraction of sp³-hybridized carbons (Fsp3) is 0.231. The molecular formula is C26H28N4O7. The zero-order chi connectivity index (χ0) is 26.5. The number of ether oxygens (including phenoxy) is 1. The van der Waals surface area contributed by atoms with Gasteiger partial charge in [0.25, 0.3) is 5.91 Å². The smallest absolute Gasteiger partial charge is 0.408 e. The molecule has 1 atom stereocenters. The minimum absolute atomic E-state index is 0.0176. The number of benzene rings is 2. The summed E-state index contributed by atoms with van der Waals surface area (Å²) >= 11 is 0. The van der Waals surface area contributed by atoms with Gasteiger partial charge in [-0.1, -0.05) is 60.7 Å². The van der Waals surface area contributed by atoms with Gasteiger partial charge >= 0.3 is 18.1 Å². The number of hydrogen-bond acceptors (Lipinski definition) is 6. The molecule has 0 saturated heterocycles. The Balaban J connectivity index is 1.35. The number of carboxylic acids is 1. The molecule has 0 saturated carbocycles. The standard InChI is InChI=1S/C26H28N4O7/c31-23(21-13-14-22(37-21)30-25(34)28-16-18-8-3-1-4-9-18)27-15-7-12-20(24(32)33)29-26(35)36-17-19-10-5-2-6-11-19/h1-6,8-11,13-14,20H,7,12,15-17H2,(H,27,31)(H,29,35)(H,32,33)(H2,28,30,34)/t20-/m0/s1. The van der Waals surface area contributed by atoms with Gasteiger partial charge in [0.05, 0.1) is 0 Å². The molecule has 1 aromatic heterocycles. The number of alkyl carbamates (subject to hydrolysis) is 1. The summed E-state index contributed by atoms with van der Waals surface area (Å²) in [5.41, 5.74) is 1.71. The van der Waals surface area contributed by atoms with Gasteiger partial charge in [-0.15, -0.1) is 0 Å². The molecule has 37 heavy (non-hydrogen) atoms. The summed E-state index contributed by atoms with van der Waals surface area (Å²) in [6, 6.07) is 19.6. The molecule has 194 valence electrons. The van der Waals surface area contributed by atoms with Crippen molar-refractivity contribution in [2.24, 2.45) is 0 Å². The van der Waals surface area contributed by atoms with E-state index in [1.54, 1.807) is 24.3 Å². The molecule has 0 aliphatic carbocycles. The first kappa shape index (κ1) is 26.8. The zero-order valence-corrected chi connectivity index (χ0v) is 19.9. The summed E-state index contributed by atoms with van der Waals surface area (Å²) < 4.78 is 10.4. The largest absolute Gasteiger partial charge is 0.480 e. The number of anilines is 1. The molecule has 3 rings (SSSR count). The van der Waals surface area contributed by atoms with Crippen molar-refractivity contribution in [2.75, 3.05) is 11.9 Å². The predicted octanol–water partition coefficient (Wildman–Crippen LogP) is 3.49. The third-order valence-corrected chi connectivity index (χ3v) is 5.12. The summed E-state index contributed by atoms with van der Waals surface area (Å²) in [4.78, 5) is 47.7. The zero-order valence-electron chi connectivity index (χ0n) is 19.9. The number of carbonyl (C=O) groups is 4. The first-order valence-electron chi connectivity index (χ1n) is 11.6. The van der Waals surface area contributed by atoms with E-state index in [9.17, 15) is 24.3 Å². The number of nitrogens with one attached hydrogen (secondary N) is 4. The Hall–Kier alpha value is -4.80. The quantitative estimate of drug-likeness (QED) is 0.234. The average Bonchev–Trinajstić information content (AvgIpc) is 3.37. The van der Waals surface area contributed by atoms with Crippen LogP contribution in [0.1, 0.15) is 34.5 Å². The molecule has 0 spiro atoms. The van der Waals surface area contributed by atoms with Crippen LogP contribution in [0.3, 0.4) is 0 Å². The molecule has 0 aliphatic heterocycles. The van der Waals surface area contributed by atoms with Crippen LogP contribution in [0.2, 0.25) is 0 Å². The van der Waals surface area contributed by atoms with Gasteiger partial charge in [0.15, 0.2) is 5.76 Å². The maximum atomic E-state index is 12.3. The van der Waals surface area contributed by atoms with Crippen LogP contribution in [0, 0.1) is 0 Å². The molecule has 11 heteroatoms. The van der Waals surface area contributed by atoms with Crippen molar-refractivity contribution in [3.63, 3.8) is 0 Å². The van der Waals surface area contributed by atoms with E-state index < -0.39 is 30.0 Å². The van der Waals surface area contributed by atoms with E-state index >= 15 is 0 Å². The van der Waals surface area contributed by atoms with Crippen molar-refractivity contribution >= 4 is 29.9 Å². The molecule has 0 unspecified atom stereocenters. The molecule has 0 bridgehead atoms. The SMILES string of the molecule is O=C(NCc1ccccc1)Nc1ccc(C(=O)NCCC[C@H](NC(=O)OCc2ccccc2)C(=O)O)o1. The van der Waals surface area contributed by atoms with E-state index in [1.165, 1.54) is 12.1 Å². The second-order valence-electron chi connectivity index (χ2n) is 7.95. The lowest BCUT2D eigenvalue weighted by Gasteiger charge is -2.14. The van der Waals surface area contributed by atoms with E-state index in [4.69, 9.17) is 9.15 Å². The third kappa shape index (κ3) is 9.40. The van der Waals surface area contributed by atoms with E-state index in [2.05, 4.69) is 21.3 Å². The fourth-order valence-electron chi connectivity index (χ4n) is 3.22. The number of amides is 4. The van der Waals surface area contributed by atoms with Crippen LogP contribution < -0.4 is 21.3 Å². The van der Waals surface area contributed by atoms with Crippen molar-refractivity contribution in [3.8, 4) is 0 Å². The number of rotatable bonds is 12. The highest BCUT2D eigenvalue weighted by Gasteiger charge is 2.20. The summed E-state index contributed by atoms with van der Waals surface area (Å²) in [5.74, 6) is -1.66. The maximum Gasteiger partial charge on any atom is 0.408 e. The van der Waals surface area contributed by atoms with E-state index in [-0.39, 0.29) is 37.6 Å². The van der Waals surface area contributed by atoms with Gasteiger partial charge in [-0.3, -0.25) is 10.1 Å². The van der Waals surface area contributed by atoms with Crippen molar-refractivity contribution in [1.29, 1.82) is 0 Å². The topological polar surface area (TPSA) is 159 Å². The fourth-order valence-corrected chi connectivity index (χ4v) is 3.22. The van der Waals surface area contributed by atoms with E-state index in [0.717, 1.165) is 11.1 Å². The summed E-state index contributed by atoms with van der Waals surface area (Å²) in [5, 5.41) is 19.5. The van der Waals surface area contributed by atoms with Gasteiger partial charge in [0.2, 0.25) is 5.88 Å². The normalized spacial score (nSPS) is 11.1. The van der Waals surface area contributed by atoms with Gasteiger partial charge in [0, 0.05) is 19.2 Å². The van der Waals surface area contributed by atoms with Crippen molar-refractivity contribution < 1.29 is 33.4 Å². The Bertz CT molecular complexity index is 1180. The lowest BCUT2D eigenvalue weighted by atomic mass is 10.1. The van der Waals surface area contributed by atoms with Gasteiger partial charge in [-0.2, -0.15) is 0 Å². The van der Waals surface area contributed by atoms with Crippen molar-refractivity contribution in [1.82, 2.24) is 16.0 Å². The second kappa shape index (κ2) is 13.9. The highest BCUT2D eigenvalue weighted by Crippen LogP contribution is 2.13. The third-order valence-electron chi connectivity index (χ3n) is 5.12. The molecule has 0 aliphatic rings. The molecule has 5 N–H and O–H groups in total. The highest BCUT2D eigenvalue weighted by molar-refractivity contribution is 5.93. The summed E-state index contributed by atoms with van der Waals surface area (Å²) in [6.45, 7) is 0.492. The predicted molar refractivity (Wildman–Crippen MR) is 134 cm³/mol. The minimum Gasteiger partial charge on any atom is -0.480 e. The van der Waals surface area contributed by atoms with E-state index in [1.807, 2.05) is 36.4 Å². The Morgan fingerprint density at radius 1 is 0.865 bits per heavy atom. The monoisotopic (exact) mass is 508 g/mol. The summed E-state index contributed by atoms with van der Waals surface area (Å²) in [6.07, 6.45) is -0.499. The van der Waals surface area contributed by atoms with Crippen LogP contribution in [0.25, 0.3) is 0 Å². The van der Waals surface area contributed by atoms with Crippen LogP contribution in [-0.4, -0.2) is 41.7 Å². The molecule has 3 aromatic rings. The molecule has 1 heterocycles. The van der Waals surface area contributed by atoms with Crippen molar-refractivity contribution in [3.05, 3.63) is 89.7 Å². The Morgan fingerprint density at radius 2 is 1.54 bits per heavy atom. The van der Waals surface area contributed by atoms with Crippen LogP contribution in [0.4, 0.5) is 15.5 Å². The van der Waals surface area contributed by atoms with Crippen LogP contribution in [0.5, 0.6) is 0 Å². The molecule has 2 aromatic carbocycles. The number of carboxylic acid groups (broad SMARTS) is 1. The molecule has 11 nitrogen and oxygen atoms in total. The number of hydrogen-bond donors (Lipinski definition) is 5. The first-order chi connectivity index (χ1) is 17.9. The Morgan fingerprint density at radius 3 is 2.22 bits per heavy atom. The maximum absolute atomic E-state index is 12.3. The van der Waals surface area contributed by atoms with E-state index in [0.29, 0.717) is 6.54 Å². The second-order valence-corrected chi connectivity index (χ2v) is 7.95. The summed E-state index contributed by atoms with van der Waals surface area (Å²) in [7, 11) is 0. The molecular weight excluding hydrogens is 480 g/mol. The number of carbonyl (C=O) groups excluding carboxylic acids is 3. The lowest BCUT2D eigenvalue weighted by Crippen LogP contribution is -2.41. The number of urea groups is 1. The van der Waals surface area contributed by atoms with Gasteiger partial charge in [-0.05, 0) is 30.0 Å². The molecule has 0 radical (unpaired) electrons. The molecule has 4 amide bonds. The lowest BCUT2D eigenvalue weighted by molar-refractivity contribution is -0.139. The first-order valence-corrected chi connectivity index (χ1v) is 11.6. The highest BCUT2D eigenvalue weighted by atomic mass is 16.5. The van der Waals surface area contributed by atoms with Crippen LogP contribution >= 0.6 is 0 Å². The Kier molecular flexibility index (Phi) is 10.1. The number of aliphatic carboxylic acids is 1. The average molecular weight is 509 g/mol.